The van der Waals surface area contributed by atoms with Crippen LogP contribution in [-0.2, 0) is 0 Å². The molecule has 1 aromatic carbocycles. The molecule has 0 saturated heterocycles. The lowest BCUT2D eigenvalue weighted by molar-refractivity contribution is 0.491. The summed E-state index contributed by atoms with van der Waals surface area (Å²) in [5.74, 6) is -1.94. The number of halogens is 2. The molecule has 0 bridgehead atoms. The van der Waals surface area contributed by atoms with Gasteiger partial charge in [0.15, 0.2) is 11.6 Å². The normalized spacial score (nSPS) is 9.82. The monoisotopic (exact) mass is 176 g/mol. The Labute approximate surface area is 68.6 Å². The zero-order chi connectivity index (χ0) is 8.43. The fourth-order valence-electron chi connectivity index (χ4n) is 0.774. The van der Waals surface area contributed by atoms with Crippen LogP contribution in [0.2, 0.25) is 0 Å². The standard InChI is InChI=1S/C7H6F2OS/c1-4-2-5(8)7(10-11)6(9)3-4/h2-3,11H,1H3. The van der Waals surface area contributed by atoms with Gasteiger partial charge in [0.1, 0.15) is 0 Å². The van der Waals surface area contributed by atoms with Crippen LogP contribution in [0.15, 0.2) is 12.1 Å². The molecule has 1 aromatic rings. The molecule has 0 unspecified atom stereocenters. The predicted octanol–water partition coefficient (Wildman–Crippen LogP) is 2.50. The van der Waals surface area contributed by atoms with Crippen LogP contribution in [0.3, 0.4) is 0 Å². The molecule has 1 nitrogen and oxygen atoms in total. The molecular weight excluding hydrogens is 170 g/mol. The van der Waals surface area contributed by atoms with Gasteiger partial charge in [0.2, 0.25) is 5.75 Å². The first-order valence-corrected chi connectivity index (χ1v) is 3.28. The average molecular weight is 176 g/mol. The Hall–Kier alpha value is -0.770. The van der Waals surface area contributed by atoms with Crippen molar-refractivity contribution in [2.24, 2.45) is 0 Å². The number of hydrogen-bond donors (Lipinski definition) is 1. The third-order valence-electron chi connectivity index (χ3n) is 1.23. The van der Waals surface area contributed by atoms with Crippen LogP contribution in [0.25, 0.3) is 0 Å². The number of hydrogen-bond acceptors (Lipinski definition) is 2. The van der Waals surface area contributed by atoms with E-state index in [0.29, 0.717) is 5.56 Å². The maximum absolute atomic E-state index is 12.7. The van der Waals surface area contributed by atoms with E-state index < -0.39 is 17.4 Å². The summed E-state index contributed by atoms with van der Waals surface area (Å²) in [6, 6.07) is 2.35. The summed E-state index contributed by atoms with van der Waals surface area (Å²) in [6.45, 7) is 1.59. The van der Waals surface area contributed by atoms with Crippen molar-refractivity contribution in [3.8, 4) is 5.75 Å². The van der Waals surface area contributed by atoms with Gasteiger partial charge in [-0.15, -0.1) is 0 Å². The first-order valence-electron chi connectivity index (χ1n) is 2.92. The van der Waals surface area contributed by atoms with Gasteiger partial charge in [-0.1, -0.05) is 0 Å². The van der Waals surface area contributed by atoms with Crippen LogP contribution in [0.4, 0.5) is 8.78 Å². The summed E-state index contributed by atoms with van der Waals surface area (Å²) < 4.78 is 29.6. The molecule has 0 saturated carbocycles. The molecule has 0 fully saturated rings. The second kappa shape index (κ2) is 3.09. The Morgan fingerprint density at radius 2 is 1.73 bits per heavy atom. The van der Waals surface area contributed by atoms with Crippen molar-refractivity contribution in [2.45, 2.75) is 6.92 Å². The van der Waals surface area contributed by atoms with Crippen molar-refractivity contribution in [1.29, 1.82) is 0 Å². The van der Waals surface area contributed by atoms with Crippen molar-refractivity contribution in [1.82, 2.24) is 0 Å². The van der Waals surface area contributed by atoms with Gasteiger partial charge in [-0.2, -0.15) is 0 Å². The van der Waals surface area contributed by atoms with Crippen LogP contribution < -0.4 is 4.18 Å². The Bertz CT molecular complexity index is 252. The number of benzene rings is 1. The molecule has 0 N–H and O–H groups in total. The zero-order valence-corrected chi connectivity index (χ0v) is 6.66. The van der Waals surface area contributed by atoms with Crippen LogP contribution in [-0.4, -0.2) is 0 Å². The summed E-state index contributed by atoms with van der Waals surface area (Å²) in [6.07, 6.45) is 0. The maximum Gasteiger partial charge on any atom is 0.208 e. The third-order valence-corrected chi connectivity index (χ3v) is 1.42. The van der Waals surface area contributed by atoms with Gasteiger partial charge < -0.3 is 4.18 Å². The summed E-state index contributed by atoms with van der Waals surface area (Å²) in [4.78, 5) is 0. The van der Waals surface area contributed by atoms with E-state index in [1.807, 2.05) is 0 Å². The molecule has 0 aliphatic heterocycles. The van der Waals surface area contributed by atoms with Gasteiger partial charge in [-0.05, 0) is 24.6 Å². The van der Waals surface area contributed by atoms with Gasteiger partial charge in [-0.3, -0.25) is 0 Å². The summed E-state index contributed by atoms with van der Waals surface area (Å²) in [5.41, 5.74) is 0.508. The van der Waals surface area contributed by atoms with Gasteiger partial charge in [0.25, 0.3) is 0 Å². The second-order valence-electron chi connectivity index (χ2n) is 2.15. The van der Waals surface area contributed by atoms with Crippen molar-refractivity contribution < 1.29 is 13.0 Å². The largest absolute Gasteiger partial charge is 0.423 e. The highest BCUT2D eigenvalue weighted by Crippen LogP contribution is 2.23. The number of aryl methyl sites for hydroxylation is 1. The van der Waals surface area contributed by atoms with Crippen LogP contribution in [0, 0.1) is 18.6 Å². The molecular formula is C7H6F2OS. The second-order valence-corrected chi connectivity index (χ2v) is 2.33. The lowest BCUT2D eigenvalue weighted by atomic mass is 10.2. The van der Waals surface area contributed by atoms with E-state index in [-0.39, 0.29) is 0 Å². The van der Waals surface area contributed by atoms with E-state index in [9.17, 15) is 8.78 Å². The van der Waals surface area contributed by atoms with Gasteiger partial charge in [-0.25, -0.2) is 8.78 Å². The first-order chi connectivity index (χ1) is 5.15. The lowest BCUT2D eigenvalue weighted by Crippen LogP contribution is -1.89. The smallest absolute Gasteiger partial charge is 0.208 e. The predicted molar refractivity (Wildman–Crippen MR) is 40.7 cm³/mol. The SMILES string of the molecule is Cc1cc(F)c(OS)c(F)c1. The van der Waals surface area contributed by atoms with Crippen molar-refractivity contribution in [3.63, 3.8) is 0 Å². The Morgan fingerprint density at radius 1 is 1.27 bits per heavy atom. The van der Waals surface area contributed by atoms with E-state index in [2.05, 4.69) is 17.1 Å². The molecule has 0 amide bonds. The molecule has 0 radical (unpaired) electrons. The van der Waals surface area contributed by atoms with E-state index in [4.69, 9.17) is 0 Å². The highest BCUT2D eigenvalue weighted by atomic mass is 32.1. The maximum atomic E-state index is 12.7. The molecule has 60 valence electrons. The third kappa shape index (κ3) is 1.63. The summed E-state index contributed by atoms with van der Waals surface area (Å²) >= 11 is 3.30. The minimum Gasteiger partial charge on any atom is -0.423 e. The minimum absolute atomic E-state index is 0.459. The van der Waals surface area contributed by atoms with Crippen LogP contribution >= 0.6 is 12.9 Å². The summed E-state index contributed by atoms with van der Waals surface area (Å²) in [7, 11) is 0. The van der Waals surface area contributed by atoms with Crippen LogP contribution in [0.5, 0.6) is 5.75 Å². The zero-order valence-electron chi connectivity index (χ0n) is 5.77. The molecule has 0 aliphatic rings. The average Bonchev–Trinajstić information content (AvgIpc) is 1.85. The lowest BCUT2D eigenvalue weighted by Gasteiger charge is -2.01. The van der Waals surface area contributed by atoms with Gasteiger partial charge in [0.05, 0.1) is 0 Å². The molecule has 0 aliphatic carbocycles. The number of rotatable bonds is 1. The van der Waals surface area contributed by atoms with Crippen molar-refractivity contribution in [3.05, 3.63) is 29.3 Å². The summed E-state index contributed by atoms with van der Waals surface area (Å²) in [5, 5.41) is 0. The molecule has 11 heavy (non-hydrogen) atoms. The highest BCUT2D eigenvalue weighted by Gasteiger charge is 2.09. The van der Waals surface area contributed by atoms with E-state index in [1.165, 1.54) is 12.1 Å². The quantitative estimate of drug-likeness (QED) is 0.511. The molecule has 0 aromatic heterocycles. The molecule has 0 atom stereocenters. The first kappa shape index (κ1) is 8.33. The molecule has 4 heteroatoms. The van der Waals surface area contributed by atoms with Gasteiger partial charge >= 0.3 is 0 Å². The van der Waals surface area contributed by atoms with Crippen molar-refractivity contribution in [2.75, 3.05) is 0 Å². The molecule has 1 rings (SSSR count). The molecule has 0 spiro atoms. The highest BCUT2D eigenvalue weighted by molar-refractivity contribution is 7.75. The molecule has 0 heterocycles. The Balaban J connectivity index is 3.25. The number of thiol groups is 1. The van der Waals surface area contributed by atoms with Crippen LogP contribution in [0.1, 0.15) is 5.56 Å². The van der Waals surface area contributed by atoms with Gasteiger partial charge in [0, 0.05) is 12.9 Å². The topological polar surface area (TPSA) is 9.23 Å². The van der Waals surface area contributed by atoms with E-state index in [1.54, 1.807) is 6.92 Å². The van der Waals surface area contributed by atoms with Crippen molar-refractivity contribution >= 4 is 12.9 Å². The van der Waals surface area contributed by atoms with E-state index >= 15 is 0 Å². The Kier molecular flexibility index (Phi) is 2.34. The minimum atomic E-state index is -0.738. The fraction of sp³-hybridized carbons (Fsp3) is 0.143. The van der Waals surface area contributed by atoms with E-state index in [0.717, 1.165) is 0 Å². The Morgan fingerprint density at radius 3 is 2.09 bits per heavy atom. The fourth-order valence-corrected chi connectivity index (χ4v) is 0.948.